The fourth-order valence-corrected chi connectivity index (χ4v) is 4.25. The summed E-state index contributed by atoms with van der Waals surface area (Å²) in [4.78, 5) is 16.7. The van der Waals surface area contributed by atoms with Crippen LogP contribution >= 0.6 is 0 Å². The van der Waals surface area contributed by atoms with Gasteiger partial charge in [-0.1, -0.05) is 17.7 Å². The Balaban J connectivity index is 2.22. The minimum absolute atomic E-state index is 0.276. The number of anilines is 1. The van der Waals surface area contributed by atoms with E-state index in [1.165, 1.54) is 0 Å². The van der Waals surface area contributed by atoms with E-state index in [2.05, 4.69) is 29.4 Å². The van der Waals surface area contributed by atoms with Gasteiger partial charge in [0, 0.05) is 47.4 Å². The number of hydrogen-bond donors (Lipinski definition) is 2. The van der Waals surface area contributed by atoms with Gasteiger partial charge in [0.25, 0.3) is 0 Å². The van der Waals surface area contributed by atoms with Crippen molar-refractivity contribution in [3.63, 3.8) is 0 Å². The number of aryl methyl sites for hydroxylation is 3. The molecule has 0 saturated carbocycles. The van der Waals surface area contributed by atoms with Crippen LogP contribution in [-0.2, 0) is 0 Å². The lowest BCUT2D eigenvalue weighted by molar-refractivity contribution is 0.0697. The van der Waals surface area contributed by atoms with E-state index in [0.29, 0.717) is 23.5 Å². The molecule has 1 heterocycles. The van der Waals surface area contributed by atoms with Gasteiger partial charge in [0.2, 0.25) is 0 Å². The van der Waals surface area contributed by atoms with Crippen LogP contribution in [0.25, 0.3) is 33.4 Å². The first-order valence-corrected chi connectivity index (χ1v) is 10.9. The molecule has 1 aliphatic carbocycles. The number of carbonyl (C=O) groups is 1. The number of hydrogen-bond acceptors (Lipinski definition) is 4. The number of fused-ring (bicyclic) bond motifs is 2. The Kier molecular flexibility index (Phi) is 5.74. The molecule has 1 aliphatic heterocycles. The molecule has 0 aromatic heterocycles. The fraction of sp³-hybridized carbons (Fsp3) is 0.259. The lowest BCUT2D eigenvalue weighted by Gasteiger charge is -2.19. The molecule has 0 amide bonds. The number of aromatic carboxylic acids is 1. The largest absolute Gasteiger partial charge is 0.478 e. The molecule has 2 aliphatic rings. The van der Waals surface area contributed by atoms with Crippen LogP contribution in [-0.4, -0.2) is 24.2 Å². The van der Waals surface area contributed by atoms with Crippen LogP contribution in [0.3, 0.4) is 0 Å². The smallest absolute Gasteiger partial charge is 0.336 e. The second kappa shape index (κ2) is 8.50. The van der Waals surface area contributed by atoms with Crippen molar-refractivity contribution in [2.24, 2.45) is 4.99 Å². The maximum Gasteiger partial charge on any atom is 0.336 e. The van der Waals surface area contributed by atoms with Crippen LogP contribution in [0.15, 0.2) is 51.9 Å². The molecule has 2 N–H and O–H groups in total. The topological polar surface area (TPSA) is 74.8 Å². The first kappa shape index (κ1) is 21.6. The van der Waals surface area contributed by atoms with E-state index in [1.807, 2.05) is 52.0 Å². The molecular formula is C27H28N2O3. The van der Waals surface area contributed by atoms with E-state index in [4.69, 9.17) is 4.42 Å². The summed E-state index contributed by atoms with van der Waals surface area (Å²) in [6, 6.07) is 13.6. The van der Waals surface area contributed by atoms with E-state index < -0.39 is 5.97 Å². The molecule has 0 unspecified atom stereocenters. The van der Waals surface area contributed by atoms with Crippen LogP contribution in [0.1, 0.15) is 40.9 Å². The normalized spacial score (nSPS) is 12.0. The van der Waals surface area contributed by atoms with Gasteiger partial charge in [-0.25, -0.2) is 4.79 Å². The van der Waals surface area contributed by atoms with Crippen molar-refractivity contribution >= 4 is 22.6 Å². The first-order chi connectivity index (χ1) is 15.3. The highest BCUT2D eigenvalue weighted by Gasteiger charge is 2.23. The van der Waals surface area contributed by atoms with E-state index in [9.17, 15) is 9.90 Å². The minimum Gasteiger partial charge on any atom is -0.478 e. The summed E-state index contributed by atoms with van der Waals surface area (Å²) in [6.45, 7) is 11.6. The Morgan fingerprint density at radius 2 is 1.78 bits per heavy atom. The third-order valence-electron chi connectivity index (χ3n) is 5.75. The lowest BCUT2D eigenvalue weighted by Crippen LogP contribution is -2.09. The van der Waals surface area contributed by atoms with Crippen molar-refractivity contribution in [3.05, 3.63) is 70.1 Å². The minimum atomic E-state index is -0.947. The molecule has 0 fully saturated rings. The van der Waals surface area contributed by atoms with Crippen LogP contribution in [0.2, 0.25) is 0 Å². The number of nitrogens with one attached hydrogen (secondary N) is 1. The summed E-state index contributed by atoms with van der Waals surface area (Å²) in [5.41, 5.74) is 7.54. The van der Waals surface area contributed by atoms with Crippen molar-refractivity contribution in [3.8, 4) is 22.5 Å². The molecule has 0 atom stereocenters. The van der Waals surface area contributed by atoms with Crippen molar-refractivity contribution < 1.29 is 14.3 Å². The molecule has 32 heavy (non-hydrogen) atoms. The van der Waals surface area contributed by atoms with Gasteiger partial charge in [0.15, 0.2) is 0 Å². The van der Waals surface area contributed by atoms with E-state index in [1.54, 1.807) is 6.07 Å². The average molecular weight is 429 g/mol. The van der Waals surface area contributed by atoms with Crippen molar-refractivity contribution in [2.75, 3.05) is 18.4 Å². The van der Waals surface area contributed by atoms with E-state index in [0.717, 1.165) is 50.8 Å². The van der Waals surface area contributed by atoms with Crippen LogP contribution < -0.4 is 10.7 Å². The van der Waals surface area contributed by atoms with E-state index in [-0.39, 0.29) is 5.56 Å². The van der Waals surface area contributed by atoms with Gasteiger partial charge in [-0.3, -0.25) is 4.99 Å². The molecule has 2 aromatic carbocycles. The quantitative estimate of drug-likeness (QED) is 0.372. The predicted octanol–water partition coefficient (Wildman–Crippen LogP) is 6.18. The molecule has 0 spiro atoms. The molecular weight excluding hydrogens is 400 g/mol. The first-order valence-electron chi connectivity index (χ1n) is 10.9. The number of nitrogens with zero attached hydrogens (tertiary/aromatic N) is 1. The molecule has 2 aromatic rings. The summed E-state index contributed by atoms with van der Waals surface area (Å²) in [7, 11) is 0. The molecule has 5 heteroatoms. The summed E-state index contributed by atoms with van der Waals surface area (Å²) < 4.78 is 6.38. The molecule has 5 nitrogen and oxygen atoms in total. The predicted molar refractivity (Wildman–Crippen MR) is 130 cm³/mol. The summed E-state index contributed by atoms with van der Waals surface area (Å²) in [6.07, 6.45) is 0. The van der Waals surface area contributed by atoms with Gasteiger partial charge in [-0.2, -0.15) is 0 Å². The average Bonchev–Trinajstić information content (AvgIpc) is 2.74. The Morgan fingerprint density at radius 3 is 2.47 bits per heavy atom. The summed E-state index contributed by atoms with van der Waals surface area (Å²) in [5.74, 6) is -0.258. The maximum absolute atomic E-state index is 12.1. The Morgan fingerprint density at radius 1 is 1.00 bits per heavy atom. The van der Waals surface area contributed by atoms with Crippen LogP contribution in [0.4, 0.5) is 5.69 Å². The van der Waals surface area contributed by atoms with Gasteiger partial charge in [0.05, 0.1) is 10.9 Å². The van der Waals surface area contributed by atoms with Gasteiger partial charge >= 0.3 is 5.97 Å². The third-order valence-corrected chi connectivity index (χ3v) is 5.75. The van der Waals surface area contributed by atoms with Crippen LogP contribution in [0, 0.1) is 20.8 Å². The highest BCUT2D eigenvalue weighted by atomic mass is 16.4. The zero-order valence-electron chi connectivity index (χ0n) is 19.2. The number of rotatable bonds is 5. The number of benzene rings is 3. The Labute approximate surface area is 187 Å². The number of carboxylic acid groups (broad SMARTS) is 1. The molecule has 164 valence electrons. The standard InChI is InChI=1S/C27H28N2O3/c1-6-28-22-13-24-20(11-16(22)4)26(19-10-15(3)8-9-18(19)27(30)31)21-12-17(5)23(29-7-2)14-25(21)32-24/h8-14,28H,6-7H2,1-5H3,(H,30,31)/b29-23-. The maximum atomic E-state index is 12.1. The summed E-state index contributed by atoms with van der Waals surface area (Å²) >= 11 is 0. The van der Waals surface area contributed by atoms with Gasteiger partial charge in [-0.05, 0) is 69.5 Å². The summed E-state index contributed by atoms with van der Waals surface area (Å²) in [5, 5.41) is 15.1. The molecule has 0 bridgehead atoms. The fourth-order valence-electron chi connectivity index (χ4n) is 4.25. The monoisotopic (exact) mass is 428 g/mol. The Hall–Kier alpha value is -3.60. The van der Waals surface area contributed by atoms with Gasteiger partial charge < -0.3 is 14.8 Å². The molecule has 0 saturated heterocycles. The van der Waals surface area contributed by atoms with E-state index >= 15 is 0 Å². The molecule has 0 radical (unpaired) electrons. The van der Waals surface area contributed by atoms with Crippen molar-refractivity contribution in [2.45, 2.75) is 34.6 Å². The second-order valence-electron chi connectivity index (χ2n) is 8.13. The van der Waals surface area contributed by atoms with Gasteiger partial charge in [0.1, 0.15) is 11.3 Å². The second-order valence-corrected chi connectivity index (χ2v) is 8.13. The number of carboxylic acids is 1. The SMILES string of the molecule is CC/N=c1/cc2oc3cc(NCC)c(C)cc3c(-c3cc(C)ccc3C(=O)O)c-2cc1C. The zero-order chi connectivity index (χ0) is 23.0. The van der Waals surface area contributed by atoms with Crippen LogP contribution in [0.5, 0.6) is 0 Å². The van der Waals surface area contributed by atoms with Crippen molar-refractivity contribution in [1.29, 1.82) is 0 Å². The zero-order valence-corrected chi connectivity index (χ0v) is 19.2. The molecule has 4 rings (SSSR count). The third kappa shape index (κ3) is 3.75. The Bertz CT molecular complexity index is 1380. The highest BCUT2D eigenvalue weighted by molar-refractivity contribution is 6.08. The highest BCUT2D eigenvalue weighted by Crippen LogP contribution is 2.43. The van der Waals surface area contributed by atoms with Crippen molar-refractivity contribution in [1.82, 2.24) is 0 Å². The van der Waals surface area contributed by atoms with Gasteiger partial charge in [-0.15, -0.1) is 0 Å². The lowest BCUT2D eigenvalue weighted by atomic mass is 9.88.